The second-order valence-corrected chi connectivity index (χ2v) is 6.36. The molecule has 27 heavy (non-hydrogen) atoms. The summed E-state index contributed by atoms with van der Waals surface area (Å²) in [6, 6.07) is 3.22. The third-order valence-corrected chi connectivity index (χ3v) is 4.57. The quantitative estimate of drug-likeness (QED) is 0.717. The van der Waals surface area contributed by atoms with Gasteiger partial charge in [0.05, 0.1) is 33.9 Å². The van der Waals surface area contributed by atoms with Crippen LogP contribution >= 0.6 is 0 Å². The average molecular weight is 380 g/mol. The molecular formula is C18H28N4O5. The fourth-order valence-electron chi connectivity index (χ4n) is 3.04. The predicted octanol–water partition coefficient (Wildman–Crippen LogP) is 0.586. The van der Waals surface area contributed by atoms with Crippen molar-refractivity contribution in [3.63, 3.8) is 0 Å². The molecule has 0 aliphatic carbocycles. The second-order valence-electron chi connectivity index (χ2n) is 6.36. The van der Waals surface area contributed by atoms with Gasteiger partial charge < -0.3 is 30.2 Å². The Morgan fingerprint density at radius 3 is 2.07 bits per heavy atom. The van der Waals surface area contributed by atoms with Crippen molar-refractivity contribution in [1.82, 2.24) is 15.1 Å². The van der Waals surface area contributed by atoms with Gasteiger partial charge in [-0.15, -0.1) is 0 Å². The lowest BCUT2D eigenvalue weighted by Crippen LogP contribution is -2.53. The highest BCUT2D eigenvalue weighted by molar-refractivity contribution is 5.76. The highest BCUT2D eigenvalue weighted by Gasteiger charge is 2.24. The summed E-state index contributed by atoms with van der Waals surface area (Å²) in [5.41, 5.74) is 6.05. The van der Waals surface area contributed by atoms with Gasteiger partial charge in [0.1, 0.15) is 0 Å². The fourth-order valence-corrected chi connectivity index (χ4v) is 3.04. The van der Waals surface area contributed by atoms with Crippen molar-refractivity contribution >= 4 is 11.9 Å². The van der Waals surface area contributed by atoms with Gasteiger partial charge in [0, 0.05) is 26.2 Å². The van der Waals surface area contributed by atoms with Crippen LogP contribution in [-0.2, 0) is 4.79 Å². The Kier molecular flexibility index (Phi) is 7.12. The van der Waals surface area contributed by atoms with Crippen molar-refractivity contribution in [2.75, 3.05) is 54.1 Å². The van der Waals surface area contributed by atoms with Crippen LogP contribution in [0.4, 0.5) is 4.79 Å². The summed E-state index contributed by atoms with van der Waals surface area (Å²) in [5, 5.41) is 2.99. The highest BCUT2D eigenvalue weighted by Crippen LogP contribution is 2.39. The number of hydrogen-bond acceptors (Lipinski definition) is 6. The van der Waals surface area contributed by atoms with Crippen molar-refractivity contribution in [1.29, 1.82) is 0 Å². The molecule has 0 spiro atoms. The third-order valence-electron chi connectivity index (χ3n) is 4.57. The molecule has 0 radical (unpaired) electrons. The molecule has 1 atom stereocenters. The van der Waals surface area contributed by atoms with Gasteiger partial charge in [0.25, 0.3) is 0 Å². The van der Waals surface area contributed by atoms with E-state index in [-0.39, 0.29) is 24.5 Å². The fraction of sp³-hybridized carbons (Fsp3) is 0.556. The van der Waals surface area contributed by atoms with Crippen LogP contribution in [-0.4, -0.2) is 75.8 Å². The third kappa shape index (κ3) is 5.16. The number of urea groups is 1. The maximum atomic E-state index is 12.6. The molecule has 1 heterocycles. The maximum absolute atomic E-state index is 12.6. The largest absolute Gasteiger partial charge is 0.493 e. The molecule has 9 nitrogen and oxygen atoms in total. The van der Waals surface area contributed by atoms with Crippen LogP contribution in [0, 0.1) is 0 Å². The van der Waals surface area contributed by atoms with Crippen LogP contribution in [0.25, 0.3) is 0 Å². The number of nitrogens with two attached hydrogens (primary N) is 1. The minimum absolute atomic E-state index is 0.157. The van der Waals surface area contributed by atoms with E-state index in [1.54, 1.807) is 26.2 Å². The number of ether oxygens (including phenoxy) is 3. The molecule has 0 saturated carbocycles. The van der Waals surface area contributed by atoms with Gasteiger partial charge >= 0.3 is 6.03 Å². The van der Waals surface area contributed by atoms with E-state index in [0.29, 0.717) is 43.4 Å². The average Bonchev–Trinajstić information content (AvgIpc) is 2.66. The molecule has 0 bridgehead atoms. The molecule has 0 unspecified atom stereocenters. The lowest BCUT2D eigenvalue weighted by Gasteiger charge is -2.34. The summed E-state index contributed by atoms with van der Waals surface area (Å²) in [5.74, 6) is 1.22. The summed E-state index contributed by atoms with van der Waals surface area (Å²) < 4.78 is 16.0. The monoisotopic (exact) mass is 380 g/mol. The van der Waals surface area contributed by atoms with E-state index >= 15 is 0 Å². The van der Waals surface area contributed by atoms with Crippen molar-refractivity contribution in [3.05, 3.63) is 17.7 Å². The smallest absolute Gasteiger partial charge is 0.317 e. The molecule has 1 fully saturated rings. The number of methoxy groups -OCH3 is 3. The second kappa shape index (κ2) is 9.31. The number of piperazine rings is 1. The highest BCUT2D eigenvalue weighted by atomic mass is 16.5. The van der Waals surface area contributed by atoms with E-state index < -0.39 is 0 Å². The van der Waals surface area contributed by atoms with Crippen molar-refractivity contribution in [2.45, 2.75) is 13.0 Å². The first-order valence-electron chi connectivity index (χ1n) is 8.75. The van der Waals surface area contributed by atoms with Gasteiger partial charge in [-0.3, -0.25) is 9.69 Å². The zero-order valence-electron chi connectivity index (χ0n) is 16.3. The van der Waals surface area contributed by atoms with E-state index in [2.05, 4.69) is 5.32 Å². The molecule has 1 aromatic carbocycles. The molecular weight excluding hydrogens is 352 g/mol. The molecule has 9 heteroatoms. The van der Waals surface area contributed by atoms with Crippen molar-refractivity contribution in [3.8, 4) is 17.2 Å². The predicted molar refractivity (Wildman–Crippen MR) is 100 cm³/mol. The molecule has 1 aliphatic heterocycles. The van der Waals surface area contributed by atoms with Gasteiger partial charge in [0.15, 0.2) is 11.5 Å². The molecule has 0 aromatic heterocycles. The van der Waals surface area contributed by atoms with Gasteiger partial charge in [-0.05, 0) is 24.6 Å². The Morgan fingerprint density at radius 2 is 1.63 bits per heavy atom. The van der Waals surface area contributed by atoms with E-state index in [1.165, 1.54) is 0 Å². The first-order chi connectivity index (χ1) is 12.9. The Morgan fingerprint density at radius 1 is 1.07 bits per heavy atom. The number of primary amides is 1. The number of carbonyl (C=O) groups is 2. The molecule has 1 aromatic rings. The number of nitrogens with one attached hydrogen (secondary N) is 1. The summed E-state index contributed by atoms with van der Waals surface area (Å²) in [6.45, 7) is 4.44. The number of nitrogens with zero attached hydrogens (tertiary/aromatic N) is 2. The van der Waals surface area contributed by atoms with Gasteiger partial charge in [-0.1, -0.05) is 0 Å². The number of hydrogen-bond donors (Lipinski definition) is 2. The van der Waals surface area contributed by atoms with Crippen molar-refractivity contribution in [2.24, 2.45) is 5.73 Å². The van der Waals surface area contributed by atoms with Gasteiger partial charge in [-0.2, -0.15) is 0 Å². The van der Waals surface area contributed by atoms with Crippen LogP contribution in [0.15, 0.2) is 12.1 Å². The Hall–Kier alpha value is -2.68. The Labute approximate surface area is 159 Å². The Balaban J connectivity index is 2.01. The van der Waals surface area contributed by atoms with Gasteiger partial charge in [-0.25, -0.2) is 4.79 Å². The molecule has 150 valence electrons. The van der Waals surface area contributed by atoms with E-state index in [1.807, 2.05) is 24.0 Å². The van der Waals surface area contributed by atoms with Crippen LogP contribution in [0.5, 0.6) is 17.2 Å². The molecule has 3 N–H and O–H groups in total. The molecule has 3 amide bonds. The number of amides is 3. The summed E-state index contributed by atoms with van der Waals surface area (Å²) in [4.78, 5) is 27.2. The minimum atomic E-state index is -0.357. The maximum Gasteiger partial charge on any atom is 0.317 e. The van der Waals surface area contributed by atoms with Gasteiger partial charge in [0.2, 0.25) is 11.7 Å². The SMILES string of the molecule is COc1cc([C@@H](C)NC(=O)N2CCN(CC(N)=O)CC2)cc(OC)c1OC. The lowest BCUT2D eigenvalue weighted by atomic mass is 10.1. The summed E-state index contributed by atoms with van der Waals surface area (Å²) in [7, 11) is 4.65. The van der Waals surface area contributed by atoms with E-state index in [0.717, 1.165) is 5.56 Å². The van der Waals surface area contributed by atoms with Crippen LogP contribution in [0.1, 0.15) is 18.5 Å². The molecule has 2 rings (SSSR count). The number of rotatable bonds is 7. The molecule has 1 saturated heterocycles. The number of carbonyl (C=O) groups excluding carboxylic acids is 2. The zero-order valence-corrected chi connectivity index (χ0v) is 16.3. The van der Waals surface area contributed by atoms with Crippen LogP contribution in [0.2, 0.25) is 0 Å². The normalized spacial score (nSPS) is 15.8. The van der Waals surface area contributed by atoms with Crippen LogP contribution in [0.3, 0.4) is 0 Å². The first-order valence-corrected chi connectivity index (χ1v) is 8.75. The standard InChI is InChI=1S/C18H28N4O5/c1-12(13-9-14(25-2)17(27-4)15(10-13)26-3)20-18(24)22-7-5-21(6-8-22)11-16(19)23/h9-10,12H,5-8,11H2,1-4H3,(H2,19,23)(H,20,24)/t12-/m1/s1. The van der Waals surface area contributed by atoms with Crippen LogP contribution < -0.4 is 25.3 Å². The van der Waals surface area contributed by atoms with E-state index in [4.69, 9.17) is 19.9 Å². The summed E-state index contributed by atoms with van der Waals surface area (Å²) >= 11 is 0. The number of benzene rings is 1. The lowest BCUT2D eigenvalue weighted by molar-refractivity contribution is -0.119. The zero-order chi connectivity index (χ0) is 20.0. The molecule has 1 aliphatic rings. The van der Waals surface area contributed by atoms with E-state index in [9.17, 15) is 9.59 Å². The minimum Gasteiger partial charge on any atom is -0.493 e. The first kappa shape index (κ1) is 20.6. The topological polar surface area (TPSA) is 106 Å². The summed E-state index contributed by atoms with van der Waals surface area (Å²) in [6.07, 6.45) is 0. The Bertz CT molecular complexity index is 649. The van der Waals surface area contributed by atoms with Crippen molar-refractivity contribution < 1.29 is 23.8 Å².